The maximum atomic E-state index is 12.2. The first-order chi connectivity index (χ1) is 15.0. The Bertz CT molecular complexity index is 1300. The average Bonchev–Trinajstić information content (AvgIpc) is 2.76. The number of ether oxygens (including phenoxy) is 1. The maximum Gasteiger partial charge on any atom is 0.323 e. The van der Waals surface area contributed by atoms with Crippen LogP contribution in [0.25, 0.3) is 5.65 Å². The van der Waals surface area contributed by atoms with Crippen molar-refractivity contribution in [2.45, 2.75) is 13.5 Å². The molecule has 0 fully saturated rings. The second-order valence-corrected chi connectivity index (χ2v) is 7.28. The Balaban J connectivity index is 1.35. The fourth-order valence-corrected chi connectivity index (χ4v) is 3.11. The first-order valence-corrected chi connectivity index (χ1v) is 9.90. The van der Waals surface area contributed by atoms with Crippen molar-refractivity contribution in [3.63, 3.8) is 0 Å². The zero-order valence-electron chi connectivity index (χ0n) is 16.6. The molecule has 2 aromatic carbocycles. The smallest absolute Gasteiger partial charge is 0.323 e. The molecule has 0 aliphatic heterocycles. The van der Waals surface area contributed by atoms with E-state index in [1.54, 1.807) is 54.7 Å². The van der Waals surface area contributed by atoms with Gasteiger partial charge in [-0.1, -0.05) is 23.7 Å². The molecule has 0 unspecified atom stereocenters. The number of rotatable bonds is 5. The largest absolute Gasteiger partial charge is 0.487 e. The highest BCUT2D eigenvalue weighted by molar-refractivity contribution is 6.31. The van der Waals surface area contributed by atoms with E-state index < -0.39 is 0 Å². The highest BCUT2D eigenvalue weighted by Gasteiger charge is 2.06. The number of halogens is 1. The van der Waals surface area contributed by atoms with Crippen LogP contribution in [0, 0.1) is 6.92 Å². The second-order valence-electron chi connectivity index (χ2n) is 6.87. The van der Waals surface area contributed by atoms with E-state index in [0.29, 0.717) is 33.5 Å². The molecule has 0 saturated carbocycles. The quantitative estimate of drug-likeness (QED) is 0.469. The number of urea groups is 1. The lowest BCUT2D eigenvalue weighted by Gasteiger charge is -2.10. The molecule has 156 valence electrons. The molecule has 7 nitrogen and oxygen atoms in total. The van der Waals surface area contributed by atoms with Crippen LogP contribution in [0.4, 0.5) is 16.2 Å². The van der Waals surface area contributed by atoms with Gasteiger partial charge in [-0.15, -0.1) is 0 Å². The van der Waals surface area contributed by atoms with Crippen molar-refractivity contribution in [3.05, 3.63) is 99.6 Å². The highest BCUT2D eigenvalue weighted by Crippen LogP contribution is 2.21. The van der Waals surface area contributed by atoms with E-state index in [1.165, 1.54) is 10.5 Å². The molecule has 0 bridgehead atoms. The van der Waals surface area contributed by atoms with Gasteiger partial charge in [0.05, 0.1) is 5.69 Å². The molecule has 8 heteroatoms. The molecule has 31 heavy (non-hydrogen) atoms. The van der Waals surface area contributed by atoms with Crippen molar-refractivity contribution < 1.29 is 9.53 Å². The van der Waals surface area contributed by atoms with Gasteiger partial charge in [0.25, 0.3) is 5.56 Å². The van der Waals surface area contributed by atoms with Gasteiger partial charge >= 0.3 is 6.03 Å². The fourth-order valence-electron chi connectivity index (χ4n) is 2.93. The minimum absolute atomic E-state index is 0.155. The number of aryl methyl sites for hydroxylation is 1. The predicted octanol–water partition coefficient (Wildman–Crippen LogP) is 4.88. The van der Waals surface area contributed by atoms with Crippen LogP contribution in [0.1, 0.15) is 11.3 Å². The first-order valence-electron chi connectivity index (χ1n) is 9.52. The van der Waals surface area contributed by atoms with Crippen LogP contribution in [0.15, 0.2) is 77.7 Å². The number of hydrogen-bond acceptors (Lipinski definition) is 4. The molecule has 0 spiro atoms. The Morgan fingerprint density at radius 1 is 1.03 bits per heavy atom. The monoisotopic (exact) mass is 434 g/mol. The molecular weight excluding hydrogens is 416 g/mol. The second kappa shape index (κ2) is 8.89. The normalized spacial score (nSPS) is 10.6. The van der Waals surface area contributed by atoms with Crippen LogP contribution in [0.2, 0.25) is 5.02 Å². The molecule has 0 aliphatic carbocycles. The molecule has 4 aromatic rings. The topological polar surface area (TPSA) is 84.7 Å². The van der Waals surface area contributed by atoms with Gasteiger partial charge < -0.3 is 15.4 Å². The lowest BCUT2D eigenvalue weighted by molar-refractivity contribution is 0.262. The molecule has 0 radical (unpaired) electrons. The summed E-state index contributed by atoms with van der Waals surface area (Å²) >= 11 is 6.08. The summed E-state index contributed by atoms with van der Waals surface area (Å²) in [4.78, 5) is 28.7. The standard InChI is InChI=1S/C23H19ClN4O3/c1-15-5-6-17(12-20(15)24)27-23(30)26-16-7-9-19(10-8-16)31-14-18-13-22(29)28-11-3-2-4-21(28)25-18/h2-13H,14H2,1H3,(H2,26,27,30). The summed E-state index contributed by atoms with van der Waals surface area (Å²) in [7, 11) is 0. The third-order valence-electron chi connectivity index (χ3n) is 4.55. The minimum Gasteiger partial charge on any atom is -0.487 e. The van der Waals surface area contributed by atoms with Crippen molar-refractivity contribution in [1.82, 2.24) is 9.38 Å². The predicted molar refractivity (Wildman–Crippen MR) is 121 cm³/mol. The van der Waals surface area contributed by atoms with Crippen molar-refractivity contribution in [2.24, 2.45) is 0 Å². The van der Waals surface area contributed by atoms with Crippen LogP contribution in [-0.4, -0.2) is 15.4 Å². The van der Waals surface area contributed by atoms with Crippen molar-refractivity contribution in [1.29, 1.82) is 0 Å². The summed E-state index contributed by atoms with van der Waals surface area (Å²) in [5.41, 5.74) is 3.08. The third kappa shape index (κ3) is 5.02. The summed E-state index contributed by atoms with van der Waals surface area (Å²) in [6.07, 6.45) is 1.67. The molecular formula is C23H19ClN4O3. The van der Waals surface area contributed by atoms with Crippen LogP contribution >= 0.6 is 11.6 Å². The zero-order valence-corrected chi connectivity index (χ0v) is 17.4. The summed E-state index contributed by atoms with van der Waals surface area (Å²) in [6.45, 7) is 2.05. The van der Waals surface area contributed by atoms with Gasteiger partial charge in [0.2, 0.25) is 0 Å². The molecule has 0 aliphatic rings. The van der Waals surface area contributed by atoms with E-state index in [-0.39, 0.29) is 18.2 Å². The molecule has 2 aromatic heterocycles. The van der Waals surface area contributed by atoms with Crippen molar-refractivity contribution in [3.8, 4) is 5.75 Å². The number of carbonyl (C=O) groups excluding carboxylic acids is 1. The number of amides is 2. The number of benzene rings is 2. The first kappa shape index (κ1) is 20.4. The Morgan fingerprint density at radius 3 is 2.55 bits per heavy atom. The van der Waals surface area contributed by atoms with Gasteiger partial charge in [-0.05, 0) is 61.0 Å². The number of aromatic nitrogens is 2. The van der Waals surface area contributed by atoms with Gasteiger partial charge in [0, 0.05) is 28.7 Å². The zero-order chi connectivity index (χ0) is 21.8. The van der Waals surface area contributed by atoms with Gasteiger partial charge in [0.1, 0.15) is 18.0 Å². The van der Waals surface area contributed by atoms with Gasteiger partial charge in [-0.3, -0.25) is 9.20 Å². The summed E-state index contributed by atoms with van der Waals surface area (Å²) in [6, 6.07) is 18.6. The number of carbonyl (C=O) groups is 1. The SMILES string of the molecule is Cc1ccc(NC(=O)Nc2ccc(OCc3cc(=O)n4ccccc4n3)cc2)cc1Cl. The van der Waals surface area contributed by atoms with E-state index in [9.17, 15) is 9.59 Å². The van der Waals surface area contributed by atoms with E-state index in [1.807, 2.05) is 19.1 Å². The third-order valence-corrected chi connectivity index (χ3v) is 4.96. The molecule has 4 rings (SSSR count). The summed E-state index contributed by atoms with van der Waals surface area (Å²) in [5, 5.41) is 6.07. The Labute approximate surface area is 183 Å². The number of pyridine rings is 1. The fraction of sp³-hybridized carbons (Fsp3) is 0.0870. The van der Waals surface area contributed by atoms with Gasteiger partial charge in [-0.25, -0.2) is 9.78 Å². The maximum absolute atomic E-state index is 12.2. The average molecular weight is 435 g/mol. The van der Waals surface area contributed by atoms with Crippen LogP contribution < -0.4 is 20.9 Å². The van der Waals surface area contributed by atoms with E-state index in [2.05, 4.69) is 15.6 Å². The molecule has 2 N–H and O–H groups in total. The minimum atomic E-state index is -0.380. The van der Waals surface area contributed by atoms with Gasteiger partial charge in [-0.2, -0.15) is 0 Å². The number of nitrogens with one attached hydrogen (secondary N) is 2. The van der Waals surface area contributed by atoms with E-state index in [0.717, 1.165) is 5.56 Å². The van der Waals surface area contributed by atoms with Crippen LogP contribution in [0.3, 0.4) is 0 Å². The van der Waals surface area contributed by atoms with Crippen LogP contribution in [0.5, 0.6) is 5.75 Å². The number of fused-ring (bicyclic) bond motifs is 1. The summed E-state index contributed by atoms with van der Waals surface area (Å²) in [5.74, 6) is 0.589. The van der Waals surface area contributed by atoms with Crippen molar-refractivity contribution in [2.75, 3.05) is 10.6 Å². The molecule has 0 saturated heterocycles. The lowest BCUT2D eigenvalue weighted by atomic mass is 10.2. The Kier molecular flexibility index (Phi) is 5.86. The van der Waals surface area contributed by atoms with Crippen LogP contribution in [-0.2, 0) is 6.61 Å². The molecule has 0 atom stereocenters. The molecule has 2 heterocycles. The molecule has 2 amide bonds. The Hall–Kier alpha value is -3.84. The highest BCUT2D eigenvalue weighted by atomic mass is 35.5. The Morgan fingerprint density at radius 2 is 1.77 bits per heavy atom. The van der Waals surface area contributed by atoms with E-state index >= 15 is 0 Å². The van der Waals surface area contributed by atoms with E-state index in [4.69, 9.17) is 16.3 Å². The lowest BCUT2D eigenvalue weighted by Crippen LogP contribution is -2.19. The number of anilines is 2. The van der Waals surface area contributed by atoms with Crippen molar-refractivity contribution >= 4 is 34.7 Å². The number of hydrogen-bond donors (Lipinski definition) is 2. The van der Waals surface area contributed by atoms with Gasteiger partial charge in [0.15, 0.2) is 0 Å². The number of nitrogens with zero attached hydrogens (tertiary/aromatic N) is 2. The summed E-state index contributed by atoms with van der Waals surface area (Å²) < 4.78 is 7.19.